The number of rotatable bonds is 5. The molecule has 0 aliphatic rings. The number of ether oxygens (including phenoxy) is 2. The van der Waals surface area contributed by atoms with E-state index >= 15 is 0 Å². The molecule has 0 bridgehead atoms. The maximum absolute atomic E-state index is 12.9. The molecule has 0 aliphatic heterocycles. The Labute approximate surface area is 166 Å². The number of thiazole rings is 1. The third kappa shape index (κ3) is 3.44. The number of amides is 1. The quantitative estimate of drug-likeness (QED) is 0.510. The second kappa shape index (κ2) is 7.96. The van der Waals surface area contributed by atoms with E-state index in [1.54, 1.807) is 14.2 Å². The minimum atomic E-state index is -0.262. The van der Waals surface area contributed by atoms with Crippen molar-refractivity contribution >= 4 is 38.2 Å². The van der Waals surface area contributed by atoms with Crippen LogP contribution in [0, 0.1) is 0 Å². The second-order valence-electron chi connectivity index (χ2n) is 6.31. The Balaban J connectivity index is 1.84. The average molecular weight is 392 g/mol. The van der Waals surface area contributed by atoms with Gasteiger partial charge in [0.1, 0.15) is 11.3 Å². The summed E-state index contributed by atoms with van der Waals surface area (Å²) in [6.07, 6.45) is 0. The lowest BCUT2D eigenvalue weighted by molar-refractivity contribution is 0.0997. The van der Waals surface area contributed by atoms with Crippen LogP contribution in [-0.2, 0) is 11.3 Å². The first kappa shape index (κ1) is 18.4. The van der Waals surface area contributed by atoms with Gasteiger partial charge in [0.2, 0.25) is 0 Å². The molecule has 5 nitrogen and oxygen atoms in total. The van der Waals surface area contributed by atoms with Crippen LogP contribution < -0.4 is 9.54 Å². The molecule has 28 heavy (non-hydrogen) atoms. The number of aromatic nitrogens is 1. The van der Waals surface area contributed by atoms with Crippen LogP contribution in [0.5, 0.6) is 5.75 Å². The fourth-order valence-corrected chi connectivity index (χ4v) is 4.28. The van der Waals surface area contributed by atoms with Crippen molar-refractivity contribution in [3.63, 3.8) is 0 Å². The number of methoxy groups -OCH3 is 2. The number of nitrogens with zero attached hydrogens (tertiary/aromatic N) is 2. The summed E-state index contributed by atoms with van der Waals surface area (Å²) in [4.78, 5) is 17.9. The zero-order valence-electron chi connectivity index (χ0n) is 15.7. The number of benzene rings is 3. The monoisotopic (exact) mass is 392 g/mol. The Morgan fingerprint density at radius 1 is 1.04 bits per heavy atom. The van der Waals surface area contributed by atoms with Gasteiger partial charge in [0, 0.05) is 19.2 Å². The van der Waals surface area contributed by atoms with Gasteiger partial charge in [-0.1, -0.05) is 47.7 Å². The predicted octanol–water partition coefficient (Wildman–Crippen LogP) is 4.25. The van der Waals surface area contributed by atoms with Gasteiger partial charge in [-0.15, -0.1) is 0 Å². The zero-order chi connectivity index (χ0) is 19.5. The van der Waals surface area contributed by atoms with Gasteiger partial charge in [-0.2, -0.15) is 4.99 Å². The Kier molecular flexibility index (Phi) is 5.23. The van der Waals surface area contributed by atoms with Crippen molar-refractivity contribution in [2.24, 2.45) is 4.99 Å². The van der Waals surface area contributed by atoms with Crippen molar-refractivity contribution in [3.05, 3.63) is 71.0 Å². The molecule has 0 unspecified atom stereocenters. The maximum Gasteiger partial charge on any atom is 0.279 e. The Morgan fingerprint density at radius 3 is 2.64 bits per heavy atom. The van der Waals surface area contributed by atoms with Gasteiger partial charge in [-0.3, -0.25) is 4.79 Å². The summed E-state index contributed by atoms with van der Waals surface area (Å²) >= 11 is 1.47. The van der Waals surface area contributed by atoms with Gasteiger partial charge >= 0.3 is 0 Å². The fraction of sp³-hybridized carbons (Fsp3) is 0.182. The number of fused-ring (bicyclic) bond motifs is 2. The molecule has 4 aromatic rings. The third-order valence-electron chi connectivity index (χ3n) is 4.60. The molecule has 0 N–H and O–H groups in total. The highest BCUT2D eigenvalue weighted by atomic mass is 32.1. The standard InChI is InChI=1S/C22H20N2O3S/c1-26-13-12-24-20-18(27-2)8-5-9-19(20)28-22(24)23-21(25)17-11-10-15-6-3-4-7-16(15)14-17/h3-11,14H,12-13H2,1-2H3. The molecule has 0 atom stereocenters. The lowest BCUT2D eigenvalue weighted by Crippen LogP contribution is -2.19. The van der Waals surface area contributed by atoms with Crippen LogP contribution >= 0.6 is 11.3 Å². The van der Waals surface area contributed by atoms with Gasteiger partial charge in [-0.05, 0) is 35.0 Å². The molecule has 0 radical (unpaired) electrons. The van der Waals surface area contributed by atoms with Crippen molar-refractivity contribution < 1.29 is 14.3 Å². The smallest absolute Gasteiger partial charge is 0.279 e. The topological polar surface area (TPSA) is 52.8 Å². The highest BCUT2D eigenvalue weighted by Crippen LogP contribution is 2.27. The molecule has 0 fully saturated rings. The average Bonchev–Trinajstić information content (AvgIpc) is 3.08. The molecule has 1 heterocycles. The van der Waals surface area contributed by atoms with Crippen LogP contribution in [0.1, 0.15) is 10.4 Å². The number of carbonyl (C=O) groups is 1. The van der Waals surface area contributed by atoms with Crippen LogP contribution in [0.3, 0.4) is 0 Å². The Bertz CT molecular complexity index is 1220. The first-order valence-corrected chi connectivity index (χ1v) is 9.76. The van der Waals surface area contributed by atoms with E-state index in [9.17, 15) is 4.79 Å². The highest BCUT2D eigenvalue weighted by molar-refractivity contribution is 7.16. The summed E-state index contributed by atoms with van der Waals surface area (Å²) in [5.41, 5.74) is 1.50. The van der Waals surface area contributed by atoms with E-state index in [-0.39, 0.29) is 5.91 Å². The molecule has 3 aromatic carbocycles. The molecule has 1 aromatic heterocycles. The summed E-state index contributed by atoms with van der Waals surface area (Å²) < 4.78 is 13.8. The van der Waals surface area contributed by atoms with Crippen LogP contribution in [0.25, 0.3) is 21.0 Å². The molecular weight excluding hydrogens is 372 g/mol. The maximum atomic E-state index is 12.9. The molecule has 0 saturated heterocycles. The lowest BCUT2D eigenvalue weighted by Gasteiger charge is -2.08. The zero-order valence-corrected chi connectivity index (χ0v) is 16.5. The van der Waals surface area contributed by atoms with E-state index in [2.05, 4.69) is 4.99 Å². The molecule has 142 valence electrons. The van der Waals surface area contributed by atoms with Crippen molar-refractivity contribution in [1.82, 2.24) is 4.57 Å². The third-order valence-corrected chi connectivity index (χ3v) is 5.64. The summed E-state index contributed by atoms with van der Waals surface area (Å²) in [5, 5.41) is 2.12. The molecule has 1 amide bonds. The van der Waals surface area contributed by atoms with Crippen LogP contribution in [0.15, 0.2) is 65.7 Å². The van der Waals surface area contributed by atoms with Gasteiger partial charge in [0.25, 0.3) is 5.91 Å². The molecule has 0 saturated carbocycles. The van der Waals surface area contributed by atoms with Crippen molar-refractivity contribution in [2.45, 2.75) is 6.54 Å². The number of para-hydroxylation sites is 1. The van der Waals surface area contributed by atoms with Crippen LogP contribution in [0.2, 0.25) is 0 Å². The first-order chi connectivity index (χ1) is 13.7. The van der Waals surface area contributed by atoms with Crippen molar-refractivity contribution in [2.75, 3.05) is 20.8 Å². The van der Waals surface area contributed by atoms with Gasteiger partial charge < -0.3 is 14.0 Å². The predicted molar refractivity (Wildman–Crippen MR) is 112 cm³/mol. The second-order valence-corrected chi connectivity index (χ2v) is 7.32. The number of carbonyl (C=O) groups excluding carboxylic acids is 1. The minimum absolute atomic E-state index is 0.262. The summed E-state index contributed by atoms with van der Waals surface area (Å²) in [7, 11) is 3.30. The van der Waals surface area contributed by atoms with Gasteiger partial charge in [0.05, 0.1) is 18.4 Å². The molecular formula is C22H20N2O3S. The molecule has 0 aliphatic carbocycles. The summed E-state index contributed by atoms with van der Waals surface area (Å²) in [6, 6.07) is 19.5. The summed E-state index contributed by atoms with van der Waals surface area (Å²) in [6.45, 7) is 1.10. The van der Waals surface area contributed by atoms with Gasteiger partial charge in [0.15, 0.2) is 4.80 Å². The lowest BCUT2D eigenvalue weighted by atomic mass is 10.1. The molecule has 0 spiro atoms. The number of hydrogen-bond acceptors (Lipinski definition) is 4. The first-order valence-electron chi connectivity index (χ1n) is 8.94. The van der Waals surface area contributed by atoms with E-state index in [1.165, 1.54) is 11.3 Å². The fourth-order valence-electron chi connectivity index (χ4n) is 3.21. The van der Waals surface area contributed by atoms with E-state index < -0.39 is 0 Å². The van der Waals surface area contributed by atoms with E-state index in [0.717, 1.165) is 26.7 Å². The SMILES string of the molecule is COCCn1c(=NC(=O)c2ccc3ccccc3c2)sc2cccc(OC)c21. The largest absolute Gasteiger partial charge is 0.495 e. The minimum Gasteiger partial charge on any atom is -0.495 e. The Morgan fingerprint density at radius 2 is 1.86 bits per heavy atom. The molecule has 6 heteroatoms. The summed E-state index contributed by atoms with van der Waals surface area (Å²) in [5.74, 6) is 0.493. The molecule has 4 rings (SSSR count). The normalized spacial score (nSPS) is 12.0. The van der Waals surface area contributed by atoms with E-state index in [4.69, 9.17) is 9.47 Å². The van der Waals surface area contributed by atoms with Crippen molar-refractivity contribution in [3.8, 4) is 5.75 Å². The van der Waals surface area contributed by atoms with E-state index in [1.807, 2.05) is 65.2 Å². The van der Waals surface area contributed by atoms with Crippen LogP contribution in [0.4, 0.5) is 0 Å². The van der Waals surface area contributed by atoms with Gasteiger partial charge in [-0.25, -0.2) is 0 Å². The highest BCUT2D eigenvalue weighted by Gasteiger charge is 2.13. The van der Waals surface area contributed by atoms with Crippen molar-refractivity contribution in [1.29, 1.82) is 0 Å². The Hall–Kier alpha value is -2.96. The number of hydrogen-bond donors (Lipinski definition) is 0. The van der Waals surface area contributed by atoms with Crippen LogP contribution in [-0.4, -0.2) is 31.3 Å². The van der Waals surface area contributed by atoms with E-state index in [0.29, 0.717) is 23.5 Å².